The Labute approximate surface area is 142 Å². The van der Waals surface area contributed by atoms with Crippen molar-refractivity contribution in [3.05, 3.63) is 53.9 Å². The van der Waals surface area contributed by atoms with Gasteiger partial charge in [-0.3, -0.25) is 9.78 Å². The highest BCUT2D eigenvalue weighted by molar-refractivity contribution is 5.97. The average molecular weight is 325 g/mol. The molecule has 3 rings (SSSR count). The van der Waals surface area contributed by atoms with Crippen LogP contribution in [-0.4, -0.2) is 17.0 Å². The minimum Gasteiger partial charge on any atom is -0.478 e. The molecule has 0 bridgehead atoms. The van der Waals surface area contributed by atoms with Crippen molar-refractivity contribution in [1.82, 2.24) is 10.3 Å². The molecule has 2 aromatic rings. The van der Waals surface area contributed by atoms with Gasteiger partial charge in [0.2, 0.25) is 0 Å². The van der Waals surface area contributed by atoms with Gasteiger partial charge in [0.1, 0.15) is 5.75 Å². The number of aromatic nitrogens is 1. The molecule has 5 nitrogen and oxygen atoms in total. The fraction of sp³-hybridized carbons (Fsp3) is 0.368. The number of fused-ring (bicyclic) bond motifs is 1. The molecule has 1 aliphatic rings. The highest BCUT2D eigenvalue weighted by Crippen LogP contribution is 2.33. The summed E-state index contributed by atoms with van der Waals surface area (Å²) < 4.78 is 5.82. The minimum atomic E-state index is -0.413. The number of amides is 1. The van der Waals surface area contributed by atoms with Gasteiger partial charge in [0.15, 0.2) is 6.10 Å². The minimum absolute atomic E-state index is 0.0762. The number of ether oxygens (including phenoxy) is 1. The van der Waals surface area contributed by atoms with Gasteiger partial charge in [-0.2, -0.15) is 0 Å². The van der Waals surface area contributed by atoms with Gasteiger partial charge in [-0.1, -0.05) is 19.1 Å². The van der Waals surface area contributed by atoms with Crippen LogP contribution in [0.2, 0.25) is 0 Å². The van der Waals surface area contributed by atoms with Crippen LogP contribution in [0.1, 0.15) is 50.5 Å². The second kappa shape index (κ2) is 7.01. The lowest BCUT2D eigenvalue weighted by molar-refractivity contribution is -0.123. The Balaban J connectivity index is 1.74. The smallest absolute Gasteiger partial charge is 0.265 e. The van der Waals surface area contributed by atoms with Gasteiger partial charge in [-0.15, -0.1) is 0 Å². The quantitative estimate of drug-likeness (QED) is 0.881. The van der Waals surface area contributed by atoms with Crippen molar-refractivity contribution in [2.45, 2.75) is 45.4 Å². The molecule has 1 aliphatic heterocycles. The molecule has 126 valence electrons. The SMILES string of the molecule is CC[C@@H]1Oc2cc([C@@H](C)N[C@@H](C)c3ccccn3)ccc2NC1=O. The molecule has 2 N–H and O–H groups in total. The number of nitrogens with one attached hydrogen (secondary N) is 2. The number of benzene rings is 1. The lowest BCUT2D eigenvalue weighted by atomic mass is 10.0. The molecule has 24 heavy (non-hydrogen) atoms. The van der Waals surface area contributed by atoms with E-state index in [-0.39, 0.29) is 18.0 Å². The average Bonchev–Trinajstić information content (AvgIpc) is 2.61. The van der Waals surface area contributed by atoms with Gasteiger partial charge in [0, 0.05) is 18.3 Å². The molecule has 0 saturated heterocycles. The zero-order chi connectivity index (χ0) is 17.1. The lowest BCUT2D eigenvalue weighted by Crippen LogP contribution is -2.36. The molecule has 0 radical (unpaired) electrons. The van der Waals surface area contributed by atoms with E-state index in [9.17, 15) is 4.79 Å². The molecule has 0 saturated carbocycles. The van der Waals surface area contributed by atoms with Crippen molar-refractivity contribution in [1.29, 1.82) is 0 Å². The maximum atomic E-state index is 11.9. The zero-order valence-electron chi connectivity index (χ0n) is 14.2. The van der Waals surface area contributed by atoms with Gasteiger partial charge in [0.25, 0.3) is 5.91 Å². The molecule has 1 amide bonds. The molecule has 5 heteroatoms. The topological polar surface area (TPSA) is 63.2 Å². The zero-order valence-corrected chi connectivity index (χ0v) is 14.2. The Morgan fingerprint density at radius 2 is 2.08 bits per heavy atom. The third kappa shape index (κ3) is 3.41. The number of hydrogen-bond donors (Lipinski definition) is 2. The standard InChI is InChI=1S/C19H23N3O2/c1-4-17-19(23)22-16-9-8-14(11-18(16)24-17)12(2)21-13(3)15-7-5-6-10-20-15/h5-13,17,21H,4H2,1-3H3,(H,22,23)/t12-,13+,17+/m1/s1. The summed E-state index contributed by atoms with van der Waals surface area (Å²) in [6, 6.07) is 12.1. The van der Waals surface area contributed by atoms with E-state index in [2.05, 4.69) is 29.5 Å². The van der Waals surface area contributed by atoms with Crippen LogP contribution >= 0.6 is 0 Å². The number of pyridine rings is 1. The molecule has 1 aromatic carbocycles. The summed E-state index contributed by atoms with van der Waals surface area (Å²) in [5, 5.41) is 6.45. The second-order valence-electron chi connectivity index (χ2n) is 6.12. The number of rotatable bonds is 5. The highest BCUT2D eigenvalue weighted by Gasteiger charge is 2.26. The van der Waals surface area contributed by atoms with Gasteiger partial charge in [0.05, 0.1) is 11.4 Å². The summed E-state index contributed by atoms with van der Waals surface area (Å²) in [5.74, 6) is 0.658. The summed E-state index contributed by atoms with van der Waals surface area (Å²) in [5.41, 5.74) is 2.86. The van der Waals surface area contributed by atoms with E-state index in [1.54, 1.807) is 6.20 Å². The first-order chi connectivity index (χ1) is 11.6. The molecule has 0 unspecified atom stereocenters. The fourth-order valence-corrected chi connectivity index (χ4v) is 2.89. The number of carbonyl (C=O) groups is 1. The van der Waals surface area contributed by atoms with E-state index in [1.807, 2.05) is 43.3 Å². The van der Waals surface area contributed by atoms with Crippen molar-refractivity contribution in [2.24, 2.45) is 0 Å². The van der Waals surface area contributed by atoms with Crippen LogP contribution in [-0.2, 0) is 4.79 Å². The first kappa shape index (κ1) is 16.5. The van der Waals surface area contributed by atoms with Crippen molar-refractivity contribution < 1.29 is 9.53 Å². The van der Waals surface area contributed by atoms with E-state index in [0.717, 1.165) is 22.7 Å². The van der Waals surface area contributed by atoms with Gasteiger partial charge in [-0.25, -0.2) is 0 Å². The van der Waals surface area contributed by atoms with Crippen molar-refractivity contribution in [3.8, 4) is 5.75 Å². The molecule has 2 heterocycles. The maximum absolute atomic E-state index is 11.9. The van der Waals surface area contributed by atoms with E-state index in [4.69, 9.17) is 4.74 Å². The van der Waals surface area contributed by atoms with Crippen LogP contribution in [0.25, 0.3) is 0 Å². The van der Waals surface area contributed by atoms with Crippen LogP contribution < -0.4 is 15.4 Å². The molecular weight excluding hydrogens is 302 g/mol. The van der Waals surface area contributed by atoms with E-state index >= 15 is 0 Å². The maximum Gasteiger partial charge on any atom is 0.265 e. The third-order valence-corrected chi connectivity index (χ3v) is 4.33. The van der Waals surface area contributed by atoms with Crippen molar-refractivity contribution in [2.75, 3.05) is 5.32 Å². The summed E-state index contributed by atoms with van der Waals surface area (Å²) in [7, 11) is 0. The summed E-state index contributed by atoms with van der Waals surface area (Å²) >= 11 is 0. The van der Waals surface area contributed by atoms with E-state index < -0.39 is 6.10 Å². The summed E-state index contributed by atoms with van der Waals surface area (Å²) in [4.78, 5) is 16.2. The molecular formula is C19H23N3O2. The monoisotopic (exact) mass is 325 g/mol. The Bertz CT molecular complexity index is 718. The van der Waals surface area contributed by atoms with Crippen LogP contribution in [0.4, 0.5) is 5.69 Å². The lowest BCUT2D eigenvalue weighted by Gasteiger charge is -2.27. The Morgan fingerprint density at radius 3 is 2.79 bits per heavy atom. The predicted molar refractivity (Wildman–Crippen MR) is 94.0 cm³/mol. The highest BCUT2D eigenvalue weighted by atomic mass is 16.5. The number of carbonyl (C=O) groups excluding carboxylic acids is 1. The number of anilines is 1. The molecule has 0 fully saturated rings. The Kier molecular flexibility index (Phi) is 4.81. The number of hydrogen-bond acceptors (Lipinski definition) is 4. The van der Waals surface area contributed by atoms with Crippen LogP contribution in [0, 0.1) is 0 Å². The third-order valence-electron chi connectivity index (χ3n) is 4.33. The van der Waals surface area contributed by atoms with Gasteiger partial charge >= 0.3 is 0 Å². The fourth-order valence-electron chi connectivity index (χ4n) is 2.89. The van der Waals surface area contributed by atoms with Crippen LogP contribution in [0.15, 0.2) is 42.6 Å². The molecule has 0 aliphatic carbocycles. The first-order valence-electron chi connectivity index (χ1n) is 8.37. The second-order valence-corrected chi connectivity index (χ2v) is 6.12. The normalized spacial score (nSPS) is 19.0. The van der Waals surface area contributed by atoms with Crippen LogP contribution in [0.5, 0.6) is 5.75 Å². The van der Waals surface area contributed by atoms with Gasteiger partial charge in [-0.05, 0) is 50.1 Å². The van der Waals surface area contributed by atoms with Crippen molar-refractivity contribution in [3.63, 3.8) is 0 Å². The van der Waals surface area contributed by atoms with Crippen molar-refractivity contribution >= 4 is 11.6 Å². The van der Waals surface area contributed by atoms with Crippen LogP contribution in [0.3, 0.4) is 0 Å². The van der Waals surface area contributed by atoms with E-state index in [0.29, 0.717) is 6.42 Å². The van der Waals surface area contributed by atoms with E-state index in [1.165, 1.54) is 0 Å². The van der Waals surface area contributed by atoms with Gasteiger partial charge < -0.3 is 15.4 Å². The largest absolute Gasteiger partial charge is 0.478 e. The molecule has 0 spiro atoms. The first-order valence-corrected chi connectivity index (χ1v) is 8.37. The Morgan fingerprint density at radius 1 is 1.25 bits per heavy atom. The predicted octanol–water partition coefficient (Wildman–Crippen LogP) is 3.60. The summed E-state index contributed by atoms with van der Waals surface area (Å²) in [6.07, 6.45) is 2.04. The molecule has 3 atom stereocenters. The summed E-state index contributed by atoms with van der Waals surface area (Å²) in [6.45, 7) is 6.15. The number of nitrogens with zero attached hydrogens (tertiary/aromatic N) is 1. The molecule has 1 aromatic heterocycles. The Hall–Kier alpha value is -2.40.